The highest BCUT2D eigenvalue weighted by Gasteiger charge is 1.86. The first kappa shape index (κ1) is 6.11. The third-order valence-corrected chi connectivity index (χ3v) is 1.14. The second-order valence-corrected chi connectivity index (χ2v) is 1.86. The van der Waals surface area contributed by atoms with Gasteiger partial charge in [-0.05, 0) is 17.7 Å². The van der Waals surface area contributed by atoms with E-state index in [1.807, 2.05) is 6.07 Å². The standard InChI is InChI=1S/C7H9N2/c8-5-6-1-3-7(9)4-2-6/h1-3H,5,8-9H2. The molecule has 0 saturated heterocycles. The lowest BCUT2D eigenvalue weighted by molar-refractivity contribution is 1.07. The first-order valence-electron chi connectivity index (χ1n) is 2.79. The predicted octanol–water partition coefficient (Wildman–Crippen LogP) is 0.528. The molecule has 0 heterocycles. The minimum atomic E-state index is 0.552. The van der Waals surface area contributed by atoms with Crippen LogP contribution in [-0.4, -0.2) is 0 Å². The van der Waals surface area contributed by atoms with Crippen LogP contribution in [0.15, 0.2) is 18.2 Å². The SMILES string of the molecule is NCc1c[c]c(N)cc1. The van der Waals surface area contributed by atoms with Gasteiger partial charge in [0.1, 0.15) is 0 Å². The minimum Gasteiger partial charge on any atom is -0.398 e. The highest BCUT2D eigenvalue weighted by atomic mass is 14.5. The maximum Gasteiger partial charge on any atom is 0.0394 e. The zero-order chi connectivity index (χ0) is 6.69. The number of nitrogen functional groups attached to an aromatic ring is 1. The average Bonchev–Trinajstić information content (AvgIpc) is 1.90. The van der Waals surface area contributed by atoms with Crippen LogP contribution in [0.25, 0.3) is 0 Å². The Morgan fingerprint density at radius 1 is 1.44 bits per heavy atom. The van der Waals surface area contributed by atoms with E-state index < -0.39 is 0 Å². The zero-order valence-electron chi connectivity index (χ0n) is 5.09. The fourth-order valence-electron chi connectivity index (χ4n) is 0.596. The average molecular weight is 121 g/mol. The fraction of sp³-hybridized carbons (Fsp3) is 0.143. The summed E-state index contributed by atoms with van der Waals surface area (Å²) in [4.78, 5) is 0. The van der Waals surface area contributed by atoms with Gasteiger partial charge in [0.2, 0.25) is 0 Å². The molecule has 9 heavy (non-hydrogen) atoms. The summed E-state index contributed by atoms with van der Waals surface area (Å²) in [6.07, 6.45) is 0. The van der Waals surface area contributed by atoms with Gasteiger partial charge in [-0.3, -0.25) is 0 Å². The van der Waals surface area contributed by atoms with Crippen molar-refractivity contribution in [2.45, 2.75) is 6.54 Å². The maximum absolute atomic E-state index is 5.38. The van der Waals surface area contributed by atoms with Crippen LogP contribution in [0.2, 0.25) is 0 Å². The van der Waals surface area contributed by atoms with E-state index in [9.17, 15) is 0 Å². The van der Waals surface area contributed by atoms with Gasteiger partial charge in [0.15, 0.2) is 0 Å². The van der Waals surface area contributed by atoms with E-state index in [-0.39, 0.29) is 0 Å². The summed E-state index contributed by atoms with van der Waals surface area (Å²) in [6.45, 7) is 0.552. The number of nitrogens with two attached hydrogens (primary N) is 2. The molecule has 0 aromatic heterocycles. The molecular formula is C7H9N2. The molecule has 2 nitrogen and oxygen atoms in total. The third-order valence-electron chi connectivity index (χ3n) is 1.14. The molecule has 2 heteroatoms. The van der Waals surface area contributed by atoms with Crippen molar-refractivity contribution in [1.82, 2.24) is 0 Å². The second-order valence-electron chi connectivity index (χ2n) is 1.86. The Morgan fingerprint density at radius 3 is 2.67 bits per heavy atom. The smallest absolute Gasteiger partial charge is 0.0394 e. The van der Waals surface area contributed by atoms with Gasteiger partial charge in [-0.2, -0.15) is 0 Å². The van der Waals surface area contributed by atoms with Gasteiger partial charge in [-0.1, -0.05) is 6.07 Å². The lowest BCUT2D eigenvalue weighted by Crippen LogP contribution is -1.95. The molecule has 0 amide bonds. The topological polar surface area (TPSA) is 52.0 Å². The molecule has 0 aliphatic rings. The van der Waals surface area contributed by atoms with Crippen LogP contribution in [0.4, 0.5) is 5.69 Å². The molecule has 4 N–H and O–H groups in total. The minimum absolute atomic E-state index is 0.552. The summed E-state index contributed by atoms with van der Waals surface area (Å²) in [5, 5.41) is 0. The van der Waals surface area contributed by atoms with Crippen LogP contribution in [0.3, 0.4) is 0 Å². The first-order chi connectivity index (χ1) is 4.33. The van der Waals surface area contributed by atoms with Crippen LogP contribution in [0.5, 0.6) is 0 Å². The van der Waals surface area contributed by atoms with Crippen LogP contribution >= 0.6 is 0 Å². The molecule has 1 aromatic carbocycles. The normalized spacial score (nSPS) is 9.44. The van der Waals surface area contributed by atoms with Crippen LogP contribution in [0.1, 0.15) is 5.56 Å². The Labute approximate surface area is 54.5 Å². The van der Waals surface area contributed by atoms with Crippen molar-refractivity contribution >= 4 is 5.69 Å². The molecule has 0 unspecified atom stereocenters. The molecule has 0 aliphatic heterocycles. The van der Waals surface area contributed by atoms with Crippen LogP contribution in [-0.2, 0) is 6.54 Å². The lowest BCUT2D eigenvalue weighted by atomic mass is 10.2. The van der Waals surface area contributed by atoms with Crippen molar-refractivity contribution in [1.29, 1.82) is 0 Å². The van der Waals surface area contributed by atoms with E-state index >= 15 is 0 Å². The van der Waals surface area contributed by atoms with Crippen LogP contribution < -0.4 is 11.5 Å². The second kappa shape index (κ2) is 2.51. The summed E-state index contributed by atoms with van der Waals surface area (Å²) in [6, 6.07) is 8.34. The fourth-order valence-corrected chi connectivity index (χ4v) is 0.596. The van der Waals surface area contributed by atoms with E-state index in [4.69, 9.17) is 11.5 Å². The summed E-state index contributed by atoms with van der Waals surface area (Å²) in [5.74, 6) is 0. The van der Waals surface area contributed by atoms with Crippen molar-refractivity contribution in [3.63, 3.8) is 0 Å². The Bertz CT molecular complexity index is 179. The third kappa shape index (κ3) is 1.44. The number of hydrogen-bond donors (Lipinski definition) is 2. The van der Waals surface area contributed by atoms with E-state index in [1.54, 1.807) is 12.1 Å². The molecule has 0 atom stereocenters. The summed E-state index contributed by atoms with van der Waals surface area (Å²) < 4.78 is 0. The Balaban J connectivity index is 2.88. The van der Waals surface area contributed by atoms with Gasteiger partial charge in [0.25, 0.3) is 0 Å². The maximum atomic E-state index is 5.38. The number of hydrogen-bond acceptors (Lipinski definition) is 2. The van der Waals surface area contributed by atoms with Crippen molar-refractivity contribution in [3.05, 3.63) is 29.8 Å². The Hall–Kier alpha value is -1.02. The summed E-state index contributed by atoms with van der Waals surface area (Å²) in [7, 11) is 0. The highest BCUT2D eigenvalue weighted by molar-refractivity contribution is 5.37. The summed E-state index contributed by atoms with van der Waals surface area (Å²) >= 11 is 0. The van der Waals surface area contributed by atoms with E-state index in [2.05, 4.69) is 6.07 Å². The molecule has 1 radical (unpaired) electrons. The molecule has 47 valence electrons. The van der Waals surface area contributed by atoms with Gasteiger partial charge >= 0.3 is 0 Å². The molecule has 0 saturated carbocycles. The van der Waals surface area contributed by atoms with Crippen molar-refractivity contribution in [2.75, 3.05) is 5.73 Å². The molecule has 0 aliphatic carbocycles. The molecule has 0 fully saturated rings. The molecule has 1 rings (SSSR count). The molecule has 0 spiro atoms. The van der Waals surface area contributed by atoms with E-state index in [0.717, 1.165) is 5.56 Å². The molecule has 1 aromatic rings. The van der Waals surface area contributed by atoms with Crippen molar-refractivity contribution < 1.29 is 0 Å². The van der Waals surface area contributed by atoms with Gasteiger partial charge in [-0.25, -0.2) is 0 Å². The van der Waals surface area contributed by atoms with Gasteiger partial charge in [0.05, 0.1) is 0 Å². The van der Waals surface area contributed by atoms with Gasteiger partial charge in [0, 0.05) is 18.3 Å². The number of anilines is 1. The quantitative estimate of drug-likeness (QED) is 0.532. The Morgan fingerprint density at radius 2 is 2.22 bits per heavy atom. The lowest BCUT2D eigenvalue weighted by Gasteiger charge is -1.94. The van der Waals surface area contributed by atoms with Gasteiger partial charge in [-0.15, -0.1) is 0 Å². The highest BCUT2D eigenvalue weighted by Crippen LogP contribution is 2.02. The molecular weight excluding hydrogens is 112 g/mol. The Kier molecular flexibility index (Phi) is 1.70. The predicted molar refractivity (Wildman–Crippen MR) is 37.6 cm³/mol. The zero-order valence-corrected chi connectivity index (χ0v) is 5.09. The number of benzene rings is 1. The van der Waals surface area contributed by atoms with Gasteiger partial charge < -0.3 is 11.5 Å². The van der Waals surface area contributed by atoms with Crippen molar-refractivity contribution in [2.24, 2.45) is 5.73 Å². The number of rotatable bonds is 1. The molecule has 0 bridgehead atoms. The monoisotopic (exact) mass is 121 g/mol. The van der Waals surface area contributed by atoms with E-state index in [0.29, 0.717) is 12.2 Å². The van der Waals surface area contributed by atoms with E-state index in [1.165, 1.54) is 0 Å². The summed E-state index contributed by atoms with van der Waals surface area (Å²) in [5.41, 5.74) is 12.4. The largest absolute Gasteiger partial charge is 0.398 e. The first-order valence-corrected chi connectivity index (χ1v) is 2.79. The van der Waals surface area contributed by atoms with Crippen LogP contribution in [0, 0.1) is 6.07 Å². The van der Waals surface area contributed by atoms with Crippen molar-refractivity contribution in [3.8, 4) is 0 Å².